The van der Waals surface area contributed by atoms with Crippen LogP contribution in [0.1, 0.15) is 29.2 Å². The minimum Gasteiger partial charge on any atom is -0.405 e. The van der Waals surface area contributed by atoms with E-state index >= 15 is 0 Å². The molecule has 3 nitrogen and oxygen atoms in total. The normalized spacial score (nSPS) is 16.1. The highest BCUT2D eigenvalue weighted by molar-refractivity contribution is 7.38. The van der Waals surface area contributed by atoms with Crippen molar-refractivity contribution >= 4 is 20.6 Å². The Labute approximate surface area is 127 Å². The number of thiophene rings is 1. The van der Waals surface area contributed by atoms with Gasteiger partial charge in [0, 0.05) is 17.4 Å². The van der Waals surface area contributed by atoms with Crippen molar-refractivity contribution in [2.75, 3.05) is 0 Å². The Morgan fingerprint density at radius 3 is 2.19 bits per heavy atom. The average molecular weight is 385 g/mol. The number of halogens is 4. The third kappa shape index (κ3) is 4.17. The largest absolute Gasteiger partial charge is 0.600 e. The van der Waals surface area contributed by atoms with Crippen LogP contribution in [0.3, 0.4) is 0 Å². The lowest BCUT2D eigenvalue weighted by Gasteiger charge is -1.98. The molecule has 1 atom stereocenters. The summed E-state index contributed by atoms with van der Waals surface area (Å²) in [7, 11) is -1.67. The lowest BCUT2D eigenvalue weighted by molar-refractivity contribution is -1.73. The maximum atomic E-state index is 13.1. The van der Waals surface area contributed by atoms with Crippen molar-refractivity contribution in [1.29, 1.82) is 0 Å². The fourth-order valence-corrected chi connectivity index (χ4v) is 4.36. The molecule has 1 aromatic carbocycles. The second-order valence-corrected chi connectivity index (χ2v) is 7.58. The third-order valence-electron chi connectivity index (χ3n) is 3.13. The molecule has 2 aromatic rings. The van der Waals surface area contributed by atoms with Gasteiger partial charge in [-0.15, -0.1) is 13.2 Å². The van der Waals surface area contributed by atoms with Gasteiger partial charge in [-0.1, -0.05) is 11.6 Å². The van der Waals surface area contributed by atoms with Crippen molar-refractivity contribution in [2.24, 2.45) is 0 Å². The molecule has 0 radical (unpaired) electrons. The smallest absolute Gasteiger partial charge is 0.405 e. The van der Waals surface area contributed by atoms with E-state index in [1.165, 1.54) is 0 Å². The number of aryl methyl sites for hydroxylation is 1. The molecule has 1 heterocycles. The molecule has 0 spiro atoms. The van der Waals surface area contributed by atoms with Crippen molar-refractivity contribution in [3.63, 3.8) is 0 Å². The van der Waals surface area contributed by atoms with Crippen LogP contribution in [-0.2, 0) is 5.51 Å². The Hall–Kier alpha value is -0.670. The summed E-state index contributed by atoms with van der Waals surface area (Å²) in [5.74, 6) is 0.174. The van der Waals surface area contributed by atoms with E-state index in [1.807, 2.05) is 13.0 Å². The summed E-state index contributed by atoms with van der Waals surface area (Å²) in [5.41, 5.74) is -3.11. The van der Waals surface area contributed by atoms with Crippen LogP contribution in [0.25, 0.3) is 10.1 Å². The molecule has 1 aliphatic carbocycles. The zero-order chi connectivity index (χ0) is 15.8. The zero-order valence-corrected chi connectivity index (χ0v) is 13.3. The minimum absolute atomic E-state index is 0.174. The van der Waals surface area contributed by atoms with Gasteiger partial charge < -0.3 is 12.6 Å². The van der Waals surface area contributed by atoms with E-state index in [9.17, 15) is 13.2 Å². The van der Waals surface area contributed by atoms with E-state index in [1.54, 1.807) is 18.2 Å². The molecule has 0 amide bonds. The van der Waals surface area contributed by atoms with Crippen LogP contribution in [0.15, 0.2) is 24.3 Å². The molecule has 0 bridgehead atoms. The standard InChI is InChI=1S/C13H12F3S.BrO3/c1-8-2-5-11-10(6-8)7-12(9-3-4-9)17(11)13(14,15)16;2-1(3)4/h2,5-7,9H,3-4H2,1H3;/q+1;-1. The summed E-state index contributed by atoms with van der Waals surface area (Å²) >= 11 is -3.65. The molecule has 0 saturated heterocycles. The van der Waals surface area contributed by atoms with Crippen LogP contribution in [0.5, 0.6) is 0 Å². The SMILES string of the molecule is Cc1ccc2c(c1)cc(C1CC1)[s+]2C(F)(F)F.[O-][Br+2]([O-])[O-]. The van der Waals surface area contributed by atoms with E-state index < -0.39 is 30.8 Å². The number of hydrogen-bond donors (Lipinski definition) is 0. The average Bonchev–Trinajstić information content (AvgIpc) is 3.07. The maximum absolute atomic E-state index is 13.1. The Bertz CT molecular complexity index is 633. The Morgan fingerprint density at radius 2 is 1.71 bits per heavy atom. The van der Waals surface area contributed by atoms with Gasteiger partial charge in [0.1, 0.15) is 0 Å². The second-order valence-electron chi connectivity index (χ2n) is 4.80. The fraction of sp³-hybridized carbons (Fsp3) is 0.385. The Kier molecular flexibility index (Phi) is 4.94. The topological polar surface area (TPSA) is 69.2 Å². The third-order valence-corrected chi connectivity index (χ3v) is 5.33. The summed E-state index contributed by atoms with van der Waals surface area (Å²) in [4.78, 5) is 0.609. The van der Waals surface area contributed by atoms with Gasteiger partial charge >= 0.3 is 5.51 Å². The summed E-state index contributed by atoms with van der Waals surface area (Å²) in [6, 6.07) is 7.05. The molecule has 21 heavy (non-hydrogen) atoms. The van der Waals surface area contributed by atoms with Crippen LogP contribution in [-0.4, -0.2) is 0 Å². The molecule has 1 unspecified atom stereocenters. The molecule has 0 aliphatic heterocycles. The molecule has 8 heteroatoms. The highest BCUT2D eigenvalue weighted by Crippen LogP contribution is 2.57. The Balaban J connectivity index is 0.000000361. The van der Waals surface area contributed by atoms with E-state index in [0.717, 1.165) is 23.8 Å². The number of benzene rings is 1. The van der Waals surface area contributed by atoms with Gasteiger partial charge in [0.25, 0.3) is 0 Å². The minimum atomic E-state index is -4.13. The first-order valence-electron chi connectivity index (χ1n) is 6.06. The lowest BCUT2D eigenvalue weighted by Crippen LogP contribution is -2.42. The molecular weight excluding hydrogens is 373 g/mol. The zero-order valence-electron chi connectivity index (χ0n) is 10.9. The van der Waals surface area contributed by atoms with Crippen molar-refractivity contribution < 1.29 is 40.6 Å². The van der Waals surface area contributed by atoms with Crippen LogP contribution < -0.4 is 12.6 Å². The van der Waals surface area contributed by atoms with Crippen molar-refractivity contribution in [3.05, 3.63) is 34.7 Å². The second kappa shape index (κ2) is 6.21. The predicted octanol–water partition coefficient (Wildman–Crippen LogP) is 1.68. The molecule has 3 rings (SSSR count). The van der Waals surface area contributed by atoms with Gasteiger partial charge in [-0.2, -0.15) is 0 Å². The van der Waals surface area contributed by atoms with Gasteiger partial charge in [0.05, 0.1) is 10.5 Å². The van der Waals surface area contributed by atoms with Crippen LogP contribution >= 0.6 is 10.5 Å². The van der Waals surface area contributed by atoms with Gasteiger partial charge in [0.2, 0.25) is 14.8 Å². The quantitative estimate of drug-likeness (QED) is 0.702. The van der Waals surface area contributed by atoms with Gasteiger partial charge in [-0.3, -0.25) is 0 Å². The van der Waals surface area contributed by atoms with Crippen LogP contribution in [0.2, 0.25) is 0 Å². The molecule has 1 saturated carbocycles. The number of alkyl halides is 3. The molecule has 0 N–H and O–H groups in total. The molecule has 1 fully saturated rings. The number of fused-ring (bicyclic) bond motifs is 1. The van der Waals surface area contributed by atoms with E-state index in [2.05, 4.69) is 0 Å². The summed E-state index contributed by atoms with van der Waals surface area (Å²) in [6.45, 7) is 1.91. The van der Waals surface area contributed by atoms with Crippen molar-refractivity contribution in [3.8, 4) is 0 Å². The molecule has 1 aromatic heterocycles. The predicted molar refractivity (Wildman–Crippen MR) is 64.4 cm³/mol. The van der Waals surface area contributed by atoms with Crippen LogP contribution in [0, 0.1) is 21.7 Å². The first kappa shape index (κ1) is 16.7. The lowest BCUT2D eigenvalue weighted by atomic mass is 10.2. The van der Waals surface area contributed by atoms with E-state index in [0.29, 0.717) is 9.58 Å². The van der Waals surface area contributed by atoms with Gasteiger partial charge in [-0.25, -0.2) is 0 Å². The maximum Gasteiger partial charge on any atom is 0.600 e. The first-order valence-corrected chi connectivity index (χ1v) is 9.23. The van der Waals surface area contributed by atoms with Gasteiger partial charge in [0.15, 0.2) is 9.58 Å². The molecule has 116 valence electrons. The van der Waals surface area contributed by atoms with Crippen LogP contribution in [0.4, 0.5) is 13.2 Å². The molecular formula is C13H12BrF3O3S. The van der Waals surface area contributed by atoms with Crippen molar-refractivity contribution in [2.45, 2.75) is 31.2 Å². The fourth-order valence-electron chi connectivity index (χ4n) is 2.22. The summed E-state index contributed by atoms with van der Waals surface area (Å²) in [5, 5.41) is 0.771. The van der Waals surface area contributed by atoms with E-state index in [-0.39, 0.29) is 5.92 Å². The number of rotatable bonds is 1. The highest BCUT2D eigenvalue weighted by Gasteiger charge is 2.51. The monoisotopic (exact) mass is 384 g/mol. The van der Waals surface area contributed by atoms with Gasteiger partial charge in [-0.05, 0) is 31.9 Å². The van der Waals surface area contributed by atoms with E-state index in [4.69, 9.17) is 12.6 Å². The highest BCUT2D eigenvalue weighted by atomic mass is 80.0. The Morgan fingerprint density at radius 1 is 1.14 bits per heavy atom. The van der Waals surface area contributed by atoms with Crippen molar-refractivity contribution in [1.82, 2.24) is 0 Å². The molecule has 1 aliphatic rings. The number of hydrogen-bond acceptors (Lipinski definition) is 3. The summed E-state index contributed by atoms with van der Waals surface area (Å²) < 4.78 is 65.5. The first-order chi connectivity index (χ1) is 9.70. The summed E-state index contributed by atoms with van der Waals surface area (Å²) in [6.07, 6.45) is 1.83.